The fourth-order valence-corrected chi connectivity index (χ4v) is 2.34. The van der Waals surface area contributed by atoms with Crippen molar-refractivity contribution < 1.29 is 4.79 Å². The van der Waals surface area contributed by atoms with Crippen LogP contribution in [0, 0.1) is 0 Å². The van der Waals surface area contributed by atoms with Gasteiger partial charge in [-0.05, 0) is 23.8 Å². The molecule has 0 aliphatic heterocycles. The normalized spacial score (nSPS) is 10.8. The van der Waals surface area contributed by atoms with E-state index in [0.29, 0.717) is 12.0 Å². The highest BCUT2D eigenvalue weighted by atomic mass is 35.5. The summed E-state index contributed by atoms with van der Waals surface area (Å²) < 4.78 is 0. The first kappa shape index (κ1) is 11.9. The van der Waals surface area contributed by atoms with Crippen molar-refractivity contribution in [3.63, 3.8) is 0 Å². The van der Waals surface area contributed by atoms with Gasteiger partial charge < -0.3 is 4.98 Å². The van der Waals surface area contributed by atoms with Crippen LogP contribution in [0.25, 0.3) is 11.0 Å². The van der Waals surface area contributed by atoms with Gasteiger partial charge in [-0.3, -0.25) is 9.78 Å². The Hall–Kier alpha value is -2.13. The van der Waals surface area contributed by atoms with Gasteiger partial charge in [-0.1, -0.05) is 29.8 Å². The zero-order valence-electron chi connectivity index (χ0n) is 10.1. The molecule has 0 bridgehead atoms. The summed E-state index contributed by atoms with van der Waals surface area (Å²) in [5.41, 5.74) is 4.23. The van der Waals surface area contributed by atoms with Crippen LogP contribution in [0.2, 0.25) is 5.02 Å². The van der Waals surface area contributed by atoms with Crippen LogP contribution in [0.4, 0.5) is 0 Å². The molecule has 3 rings (SSSR count). The number of pyridine rings is 1. The molecular weight excluding hydrogens is 260 g/mol. The minimum atomic E-state index is 0.621. The van der Waals surface area contributed by atoms with Crippen LogP contribution in [0.5, 0.6) is 0 Å². The average Bonchev–Trinajstić information content (AvgIpc) is 2.83. The number of rotatable bonds is 3. The summed E-state index contributed by atoms with van der Waals surface area (Å²) >= 11 is 6.15. The predicted octanol–water partition coefficient (Wildman–Crippen LogP) is 3.62. The molecule has 1 N–H and O–H groups in total. The van der Waals surface area contributed by atoms with Crippen molar-refractivity contribution in [1.29, 1.82) is 0 Å². The molecule has 0 unspecified atom stereocenters. The Balaban J connectivity index is 2.03. The molecular formula is C15H11ClN2O. The number of aromatic nitrogens is 2. The monoisotopic (exact) mass is 270 g/mol. The van der Waals surface area contributed by atoms with Gasteiger partial charge in [0.25, 0.3) is 0 Å². The molecule has 0 aliphatic rings. The average molecular weight is 271 g/mol. The molecule has 4 heteroatoms. The summed E-state index contributed by atoms with van der Waals surface area (Å²) in [6, 6.07) is 11.4. The third-order valence-corrected chi connectivity index (χ3v) is 3.44. The number of fused-ring (bicyclic) bond motifs is 1. The smallest absolute Gasteiger partial charge is 0.152 e. The molecule has 2 heterocycles. The summed E-state index contributed by atoms with van der Waals surface area (Å²) in [5, 5.41) is 0.740. The number of nitrogens with one attached hydrogen (secondary N) is 1. The van der Waals surface area contributed by atoms with E-state index in [1.54, 1.807) is 12.3 Å². The molecule has 2 aromatic heterocycles. The van der Waals surface area contributed by atoms with E-state index in [1.807, 2.05) is 30.3 Å². The molecule has 1 aromatic carbocycles. The van der Waals surface area contributed by atoms with Gasteiger partial charge in [0.05, 0.1) is 11.0 Å². The SMILES string of the molecule is O=Cc1ccnc2cc(Cc3ccccc3Cl)[nH]c12. The number of H-pyrrole nitrogens is 1. The Morgan fingerprint density at radius 2 is 2.11 bits per heavy atom. The van der Waals surface area contributed by atoms with Crippen molar-refractivity contribution >= 4 is 28.9 Å². The topological polar surface area (TPSA) is 45.8 Å². The third-order valence-electron chi connectivity index (χ3n) is 3.07. The highest BCUT2D eigenvalue weighted by molar-refractivity contribution is 6.31. The number of benzene rings is 1. The Bertz CT molecular complexity index is 749. The lowest BCUT2D eigenvalue weighted by Crippen LogP contribution is -1.89. The van der Waals surface area contributed by atoms with Gasteiger partial charge >= 0.3 is 0 Å². The van der Waals surface area contributed by atoms with Gasteiger partial charge in [-0.15, -0.1) is 0 Å². The van der Waals surface area contributed by atoms with E-state index >= 15 is 0 Å². The highest BCUT2D eigenvalue weighted by Gasteiger charge is 2.08. The molecule has 0 amide bonds. The molecule has 94 valence electrons. The zero-order valence-corrected chi connectivity index (χ0v) is 10.8. The van der Waals surface area contributed by atoms with E-state index in [0.717, 1.165) is 33.6 Å². The molecule has 0 fully saturated rings. The van der Waals surface area contributed by atoms with Gasteiger partial charge in [-0.2, -0.15) is 0 Å². The first-order valence-electron chi connectivity index (χ1n) is 5.93. The molecule has 19 heavy (non-hydrogen) atoms. The van der Waals surface area contributed by atoms with Crippen LogP contribution in [0.1, 0.15) is 21.6 Å². The lowest BCUT2D eigenvalue weighted by Gasteiger charge is -2.01. The summed E-state index contributed by atoms with van der Waals surface area (Å²) in [6.07, 6.45) is 3.16. The maximum Gasteiger partial charge on any atom is 0.152 e. The van der Waals surface area contributed by atoms with Crippen molar-refractivity contribution in [3.05, 3.63) is 64.4 Å². The summed E-state index contributed by atoms with van der Waals surface area (Å²) in [6.45, 7) is 0. The summed E-state index contributed by atoms with van der Waals surface area (Å²) in [4.78, 5) is 18.5. The van der Waals surface area contributed by atoms with Gasteiger partial charge in [-0.25, -0.2) is 0 Å². The van der Waals surface area contributed by atoms with E-state index in [2.05, 4.69) is 9.97 Å². The first-order valence-corrected chi connectivity index (χ1v) is 6.31. The molecule has 3 nitrogen and oxygen atoms in total. The second kappa shape index (κ2) is 4.86. The van der Waals surface area contributed by atoms with Crippen molar-refractivity contribution in [2.75, 3.05) is 0 Å². The van der Waals surface area contributed by atoms with Crippen molar-refractivity contribution in [1.82, 2.24) is 9.97 Å². The van der Waals surface area contributed by atoms with E-state index in [-0.39, 0.29) is 0 Å². The maximum atomic E-state index is 11.0. The van der Waals surface area contributed by atoms with Crippen LogP contribution in [0.3, 0.4) is 0 Å². The summed E-state index contributed by atoms with van der Waals surface area (Å²) in [5.74, 6) is 0. The minimum Gasteiger partial charge on any atom is -0.356 e. The second-order valence-corrected chi connectivity index (χ2v) is 4.75. The standard InChI is InChI=1S/C15H11ClN2O/c16-13-4-2-1-3-10(13)7-12-8-14-15(18-12)11(9-19)5-6-17-14/h1-6,8-9,18H,7H2. The Labute approximate surface area is 115 Å². The predicted molar refractivity (Wildman–Crippen MR) is 75.7 cm³/mol. The Kier molecular flexibility index (Phi) is 3.05. The molecule has 3 aromatic rings. The Morgan fingerprint density at radius 3 is 2.89 bits per heavy atom. The molecule has 0 aliphatic carbocycles. The largest absolute Gasteiger partial charge is 0.356 e. The fourth-order valence-electron chi connectivity index (χ4n) is 2.14. The van der Waals surface area contributed by atoms with E-state index in [9.17, 15) is 4.79 Å². The molecule has 0 radical (unpaired) electrons. The number of hydrogen-bond acceptors (Lipinski definition) is 2. The number of aromatic amines is 1. The van der Waals surface area contributed by atoms with Gasteiger partial charge in [0, 0.05) is 28.9 Å². The summed E-state index contributed by atoms with van der Waals surface area (Å²) in [7, 11) is 0. The third kappa shape index (κ3) is 2.25. The van der Waals surface area contributed by atoms with Crippen LogP contribution < -0.4 is 0 Å². The minimum absolute atomic E-state index is 0.621. The fraction of sp³-hybridized carbons (Fsp3) is 0.0667. The second-order valence-electron chi connectivity index (χ2n) is 4.34. The number of carbonyl (C=O) groups excluding carboxylic acids is 1. The number of hydrogen-bond donors (Lipinski definition) is 1. The number of aldehydes is 1. The van der Waals surface area contributed by atoms with Crippen molar-refractivity contribution in [2.24, 2.45) is 0 Å². The lowest BCUT2D eigenvalue weighted by atomic mass is 10.1. The van der Waals surface area contributed by atoms with Gasteiger partial charge in [0.15, 0.2) is 6.29 Å². The van der Waals surface area contributed by atoms with Crippen LogP contribution in [-0.4, -0.2) is 16.3 Å². The maximum absolute atomic E-state index is 11.0. The van der Waals surface area contributed by atoms with Crippen LogP contribution >= 0.6 is 11.6 Å². The van der Waals surface area contributed by atoms with Crippen molar-refractivity contribution in [3.8, 4) is 0 Å². The van der Waals surface area contributed by atoms with E-state index < -0.39 is 0 Å². The lowest BCUT2D eigenvalue weighted by molar-refractivity contribution is 0.112. The van der Waals surface area contributed by atoms with Crippen LogP contribution in [0.15, 0.2) is 42.6 Å². The molecule has 0 spiro atoms. The number of halogens is 1. The van der Waals surface area contributed by atoms with Crippen molar-refractivity contribution in [2.45, 2.75) is 6.42 Å². The number of nitrogens with zero attached hydrogens (tertiary/aromatic N) is 1. The Morgan fingerprint density at radius 1 is 1.26 bits per heavy atom. The van der Waals surface area contributed by atoms with Gasteiger partial charge in [0.1, 0.15) is 0 Å². The van der Waals surface area contributed by atoms with E-state index in [1.165, 1.54) is 0 Å². The molecule has 0 saturated heterocycles. The van der Waals surface area contributed by atoms with E-state index in [4.69, 9.17) is 11.6 Å². The molecule has 0 atom stereocenters. The quantitative estimate of drug-likeness (QED) is 0.739. The van der Waals surface area contributed by atoms with Gasteiger partial charge in [0.2, 0.25) is 0 Å². The number of carbonyl (C=O) groups is 1. The highest BCUT2D eigenvalue weighted by Crippen LogP contribution is 2.21. The molecule has 0 saturated carbocycles. The van der Waals surface area contributed by atoms with Crippen LogP contribution in [-0.2, 0) is 6.42 Å². The zero-order chi connectivity index (χ0) is 13.2. The first-order chi connectivity index (χ1) is 9.28.